The van der Waals surface area contributed by atoms with Crippen LogP contribution in [0.1, 0.15) is 0 Å². The maximum atomic E-state index is 13.8. The van der Waals surface area contributed by atoms with Gasteiger partial charge < -0.3 is 9.80 Å². The zero-order valence-electron chi connectivity index (χ0n) is 11.9. The Morgan fingerprint density at radius 1 is 1.05 bits per heavy atom. The van der Waals surface area contributed by atoms with E-state index < -0.39 is 0 Å². The average molecular weight is 314 g/mol. The molecule has 0 radical (unpaired) electrons. The lowest BCUT2D eigenvalue weighted by molar-refractivity contribution is 0.583. The van der Waals surface area contributed by atoms with Crippen LogP contribution in [-0.4, -0.2) is 36.1 Å². The first-order valence-electron chi connectivity index (χ1n) is 7.24. The lowest BCUT2D eigenvalue weighted by Gasteiger charge is -2.37. The molecule has 1 aliphatic rings. The fraction of sp³-hybridized carbons (Fsp3) is 0.250. The quantitative estimate of drug-likeness (QED) is 0.727. The molecule has 1 fully saturated rings. The molecule has 1 aromatic carbocycles. The molecule has 0 unspecified atom stereocenters. The van der Waals surface area contributed by atoms with Gasteiger partial charge in [-0.3, -0.25) is 0 Å². The molecule has 2 aromatic heterocycles. The van der Waals surface area contributed by atoms with Crippen molar-refractivity contribution in [2.75, 3.05) is 36.0 Å². The van der Waals surface area contributed by atoms with Crippen LogP contribution >= 0.6 is 11.3 Å². The van der Waals surface area contributed by atoms with Crippen molar-refractivity contribution in [2.24, 2.45) is 0 Å². The van der Waals surface area contributed by atoms with Crippen LogP contribution in [0.5, 0.6) is 0 Å². The van der Waals surface area contributed by atoms with E-state index in [0.717, 1.165) is 26.2 Å². The van der Waals surface area contributed by atoms with Gasteiger partial charge in [-0.05, 0) is 23.6 Å². The fourth-order valence-corrected chi connectivity index (χ4v) is 3.76. The third kappa shape index (κ3) is 2.29. The summed E-state index contributed by atoms with van der Waals surface area (Å²) >= 11 is 1.76. The Kier molecular flexibility index (Phi) is 3.38. The van der Waals surface area contributed by atoms with Crippen molar-refractivity contribution in [3.63, 3.8) is 0 Å². The van der Waals surface area contributed by atoms with E-state index >= 15 is 0 Å². The smallest absolute Gasteiger partial charge is 0.183 e. The molecule has 3 heterocycles. The Hall–Kier alpha value is -2.21. The third-order valence-electron chi connectivity index (χ3n) is 4.04. The Morgan fingerprint density at radius 2 is 1.86 bits per heavy atom. The van der Waals surface area contributed by atoms with Crippen molar-refractivity contribution in [1.29, 1.82) is 0 Å². The van der Waals surface area contributed by atoms with Gasteiger partial charge in [0.1, 0.15) is 6.33 Å². The summed E-state index contributed by atoms with van der Waals surface area (Å²) in [5.41, 5.74) is 1.27. The van der Waals surface area contributed by atoms with Gasteiger partial charge in [0, 0.05) is 42.0 Å². The second kappa shape index (κ2) is 5.53. The molecule has 0 bridgehead atoms. The van der Waals surface area contributed by atoms with Gasteiger partial charge in [0.2, 0.25) is 0 Å². The number of hydrogen-bond donors (Lipinski definition) is 0. The number of hydrogen-bond acceptors (Lipinski definition) is 5. The van der Waals surface area contributed by atoms with Gasteiger partial charge in [-0.15, -0.1) is 11.3 Å². The molecule has 0 atom stereocenters. The molecule has 1 aliphatic heterocycles. The summed E-state index contributed by atoms with van der Waals surface area (Å²) in [6.07, 6.45) is 2.62. The van der Waals surface area contributed by atoms with E-state index in [0.29, 0.717) is 5.82 Å². The molecular weight excluding hydrogens is 299 g/mol. The molecule has 3 aromatic rings. The normalized spacial score (nSPS) is 15.5. The Labute approximate surface area is 131 Å². The first kappa shape index (κ1) is 13.5. The van der Waals surface area contributed by atoms with Gasteiger partial charge in [-0.25, -0.2) is 14.4 Å². The van der Waals surface area contributed by atoms with E-state index in [-0.39, 0.29) is 5.82 Å². The summed E-state index contributed by atoms with van der Waals surface area (Å²) < 4.78 is 15.1. The summed E-state index contributed by atoms with van der Waals surface area (Å²) in [6, 6.07) is 8.59. The topological polar surface area (TPSA) is 32.3 Å². The van der Waals surface area contributed by atoms with Gasteiger partial charge in [0.05, 0.1) is 6.20 Å². The molecule has 1 saturated heterocycles. The maximum absolute atomic E-state index is 13.8. The number of rotatable bonds is 2. The highest BCUT2D eigenvalue weighted by Gasteiger charge is 2.21. The highest BCUT2D eigenvalue weighted by atomic mass is 32.1. The number of halogens is 1. The zero-order chi connectivity index (χ0) is 14.9. The summed E-state index contributed by atoms with van der Waals surface area (Å²) in [4.78, 5) is 12.1. The van der Waals surface area contributed by atoms with Crippen molar-refractivity contribution >= 4 is 32.9 Å². The lowest BCUT2D eigenvalue weighted by atomic mass is 10.2. The van der Waals surface area contributed by atoms with Gasteiger partial charge in [0.25, 0.3) is 0 Å². The number of benzene rings is 1. The molecular formula is C16H15FN4S. The van der Waals surface area contributed by atoms with E-state index in [1.54, 1.807) is 11.3 Å². The Morgan fingerprint density at radius 3 is 2.68 bits per heavy atom. The number of thiophene rings is 1. The van der Waals surface area contributed by atoms with Crippen LogP contribution < -0.4 is 9.80 Å². The minimum absolute atomic E-state index is 0.351. The zero-order valence-corrected chi connectivity index (χ0v) is 12.8. The minimum atomic E-state index is -0.351. The average Bonchev–Trinajstić information content (AvgIpc) is 3.04. The van der Waals surface area contributed by atoms with E-state index in [2.05, 4.69) is 44.5 Å². The van der Waals surface area contributed by atoms with Crippen molar-refractivity contribution in [2.45, 2.75) is 0 Å². The number of nitrogens with zero attached hydrogens (tertiary/aromatic N) is 4. The molecule has 4 rings (SSSR count). The number of piperazine rings is 1. The third-order valence-corrected chi connectivity index (χ3v) is 4.92. The summed E-state index contributed by atoms with van der Waals surface area (Å²) in [6.45, 7) is 3.24. The van der Waals surface area contributed by atoms with Crippen molar-refractivity contribution < 1.29 is 4.39 Å². The second-order valence-electron chi connectivity index (χ2n) is 5.28. The minimum Gasteiger partial charge on any atom is -0.367 e. The van der Waals surface area contributed by atoms with Crippen LogP contribution in [0.25, 0.3) is 10.1 Å². The lowest BCUT2D eigenvalue weighted by Crippen LogP contribution is -2.47. The summed E-state index contributed by atoms with van der Waals surface area (Å²) in [5, 5.41) is 3.43. The van der Waals surface area contributed by atoms with Gasteiger partial charge in [-0.2, -0.15) is 0 Å². The first-order chi connectivity index (χ1) is 10.8. The molecule has 4 nitrogen and oxygen atoms in total. The fourth-order valence-electron chi connectivity index (χ4n) is 2.95. The predicted molar refractivity (Wildman–Crippen MR) is 88.2 cm³/mol. The standard InChI is InChI=1S/C16H15FN4S/c17-13-10-18-11-19-16(13)21-7-5-20(6-8-21)14-2-1-3-15-12(14)4-9-22-15/h1-4,9-11H,5-8H2. The largest absolute Gasteiger partial charge is 0.367 e. The molecule has 0 spiro atoms. The molecule has 0 aliphatic carbocycles. The second-order valence-corrected chi connectivity index (χ2v) is 6.23. The van der Waals surface area contributed by atoms with E-state index in [4.69, 9.17) is 0 Å². The van der Waals surface area contributed by atoms with Crippen LogP contribution in [-0.2, 0) is 0 Å². The van der Waals surface area contributed by atoms with Crippen molar-refractivity contribution in [3.8, 4) is 0 Å². The number of fused-ring (bicyclic) bond motifs is 1. The van der Waals surface area contributed by atoms with Gasteiger partial charge in [-0.1, -0.05) is 6.07 Å². The van der Waals surface area contributed by atoms with Crippen molar-refractivity contribution in [3.05, 3.63) is 48.0 Å². The SMILES string of the molecule is Fc1cncnc1N1CCN(c2cccc3sccc23)CC1. The van der Waals surface area contributed by atoms with E-state index in [1.807, 2.05) is 4.90 Å². The molecule has 22 heavy (non-hydrogen) atoms. The van der Waals surface area contributed by atoms with Crippen LogP contribution in [0.4, 0.5) is 15.9 Å². The maximum Gasteiger partial charge on any atom is 0.183 e. The van der Waals surface area contributed by atoms with Gasteiger partial charge in [0.15, 0.2) is 11.6 Å². The first-order valence-corrected chi connectivity index (χ1v) is 8.12. The van der Waals surface area contributed by atoms with Gasteiger partial charge >= 0.3 is 0 Å². The summed E-state index contributed by atoms with van der Waals surface area (Å²) in [7, 11) is 0. The highest BCUT2D eigenvalue weighted by Crippen LogP contribution is 2.31. The van der Waals surface area contributed by atoms with Crippen LogP contribution in [0.15, 0.2) is 42.2 Å². The van der Waals surface area contributed by atoms with E-state index in [1.165, 1.54) is 28.3 Å². The highest BCUT2D eigenvalue weighted by molar-refractivity contribution is 7.17. The molecule has 0 amide bonds. The molecule has 0 saturated carbocycles. The Balaban J connectivity index is 1.55. The number of anilines is 2. The van der Waals surface area contributed by atoms with Crippen molar-refractivity contribution in [1.82, 2.24) is 9.97 Å². The monoisotopic (exact) mass is 314 g/mol. The number of aromatic nitrogens is 2. The van der Waals surface area contributed by atoms with E-state index in [9.17, 15) is 4.39 Å². The molecule has 0 N–H and O–H groups in total. The predicted octanol–water partition coefficient (Wildman–Crippen LogP) is 3.16. The molecule has 112 valence electrons. The van der Waals surface area contributed by atoms with Crippen LogP contribution in [0.3, 0.4) is 0 Å². The van der Waals surface area contributed by atoms with Crippen LogP contribution in [0.2, 0.25) is 0 Å². The summed E-state index contributed by atoms with van der Waals surface area (Å²) in [5.74, 6) is 0.0549. The molecule has 6 heteroatoms. The van der Waals surface area contributed by atoms with Crippen LogP contribution in [0, 0.1) is 5.82 Å². The Bertz CT molecular complexity index is 795.